The molecule has 0 rings (SSSR count). The first-order valence-electron chi connectivity index (χ1n) is 5.20. The van der Waals surface area contributed by atoms with Gasteiger partial charge in [0, 0.05) is 0 Å². The van der Waals surface area contributed by atoms with Gasteiger partial charge in [-0.3, -0.25) is 4.79 Å². The van der Waals surface area contributed by atoms with Crippen LogP contribution in [0.4, 0.5) is 0 Å². The zero-order chi connectivity index (χ0) is 10.4. The molecule has 0 aromatic heterocycles. The minimum atomic E-state index is -0.670. The number of rotatable bonds is 6. The Morgan fingerprint density at radius 3 is 2.08 bits per heavy atom. The van der Waals surface area contributed by atoms with E-state index in [0.717, 1.165) is 18.8 Å². The smallest absolute Gasteiger partial charge is 0.306 e. The van der Waals surface area contributed by atoms with Crippen molar-refractivity contribution in [3.63, 3.8) is 0 Å². The lowest BCUT2D eigenvalue weighted by Crippen LogP contribution is -2.14. The summed E-state index contributed by atoms with van der Waals surface area (Å²) in [5, 5.41) is 8.72. The van der Waals surface area contributed by atoms with Gasteiger partial charge in [0.2, 0.25) is 0 Å². The Kier molecular flexibility index (Phi) is 5.76. The Morgan fingerprint density at radius 1 is 1.15 bits per heavy atom. The average molecular weight is 186 g/mol. The molecule has 0 aliphatic heterocycles. The predicted molar refractivity (Wildman–Crippen MR) is 54.7 cm³/mol. The summed E-state index contributed by atoms with van der Waals surface area (Å²) >= 11 is 0. The van der Waals surface area contributed by atoms with Crippen LogP contribution in [0, 0.1) is 17.8 Å². The average Bonchev–Trinajstić information content (AvgIpc) is 2.03. The molecular weight excluding hydrogens is 164 g/mol. The maximum Gasteiger partial charge on any atom is 0.306 e. The van der Waals surface area contributed by atoms with Crippen LogP contribution in [0.3, 0.4) is 0 Å². The molecule has 0 aromatic carbocycles. The third-order valence-corrected chi connectivity index (χ3v) is 2.68. The van der Waals surface area contributed by atoms with Gasteiger partial charge in [0.1, 0.15) is 0 Å². The Bertz CT molecular complexity index is 154. The Morgan fingerprint density at radius 2 is 1.69 bits per heavy atom. The van der Waals surface area contributed by atoms with Gasteiger partial charge in [0.25, 0.3) is 0 Å². The van der Waals surface area contributed by atoms with Crippen molar-refractivity contribution in [2.24, 2.45) is 17.8 Å². The van der Waals surface area contributed by atoms with Crippen molar-refractivity contribution in [2.75, 3.05) is 0 Å². The molecule has 0 heterocycles. The largest absolute Gasteiger partial charge is 0.481 e. The Labute approximate surface area is 81.3 Å². The SMILES string of the molecule is CC[C@H](C)C[C@@H](C)C[C@@H](C)C(=O)O. The predicted octanol–water partition coefficient (Wildman–Crippen LogP) is 3.17. The van der Waals surface area contributed by atoms with E-state index in [1.165, 1.54) is 6.42 Å². The summed E-state index contributed by atoms with van der Waals surface area (Å²) in [5.74, 6) is 0.382. The number of hydrogen-bond acceptors (Lipinski definition) is 1. The highest BCUT2D eigenvalue weighted by atomic mass is 16.4. The van der Waals surface area contributed by atoms with E-state index in [4.69, 9.17) is 5.11 Å². The minimum absolute atomic E-state index is 0.195. The van der Waals surface area contributed by atoms with Crippen LogP contribution in [0.25, 0.3) is 0 Å². The quantitative estimate of drug-likeness (QED) is 0.691. The van der Waals surface area contributed by atoms with E-state index in [2.05, 4.69) is 20.8 Å². The topological polar surface area (TPSA) is 37.3 Å². The van der Waals surface area contributed by atoms with Crippen molar-refractivity contribution < 1.29 is 9.90 Å². The van der Waals surface area contributed by atoms with E-state index >= 15 is 0 Å². The molecule has 13 heavy (non-hydrogen) atoms. The van der Waals surface area contributed by atoms with Gasteiger partial charge in [-0.1, -0.05) is 34.1 Å². The van der Waals surface area contributed by atoms with Crippen molar-refractivity contribution >= 4 is 5.97 Å². The first kappa shape index (κ1) is 12.5. The lowest BCUT2D eigenvalue weighted by molar-refractivity contribution is -0.141. The number of aliphatic carboxylic acids is 1. The fourth-order valence-electron chi connectivity index (χ4n) is 1.65. The van der Waals surface area contributed by atoms with Gasteiger partial charge < -0.3 is 5.11 Å². The van der Waals surface area contributed by atoms with E-state index in [-0.39, 0.29) is 5.92 Å². The Hall–Kier alpha value is -0.530. The van der Waals surface area contributed by atoms with Crippen LogP contribution in [0.1, 0.15) is 47.0 Å². The van der Waals surface area contributed by atoms with Crippen LogP contribution in [0.2, 0.25) is 0 Å². The van der Waals surface area contributed by atoms with E-state index in [0.29, 0.717) is 5.92 Å². The fraction of sp³-hybridized carbons (Fsp3) is 0.909. The first-order chi connectivity index (χ1) is 5.97. The molecule has 0 saturated heterocycles. The van der Waals surface area contributed by atoms with Gasteiger partial charge in [0.05, 0.1) is 5.92 Å². The molecule has 0 unspecified atom stereocenters. The molecular formula is C11H22O2. The molecule has 3 atom stereocenters. The van der Waals surface area contributed by atoms with Crippen molar-refractivity contribution in [3.8, 4) is 0 Å². The zero-order valence-electron chi connectivity index (χ0n) is 9.21. The van der Waals surface area contributed by atoms with Crippen LogP contribution in [-0.4, -0.2) is 11.1 Å². The summed E-state index contributed by atoms with van der Waals surface area (Å²) in [6, 6.07) is 0. The van der Waals surface area contributed by atoms with Crippen molar-refractivity contribution in [1.82, 2.24) is 0 Å². The summed E-state index contributed by atoms with van der Waals surface area (Å²) in [6.07, 6.45) is 3.14. The highest BCUT2D eigenvalue weighted by molar-refractivity contribution is 5.69. The standard InChI is InChI=1S/C11H22O2/c1-5-8(2)6-9(3)7-10(4)11(12)13/h8-10H,5-7H2,1-4H3,(H,12,13)/t8-,9+,10+/m0/s1. The molecule has 0 amide bonds. The summed E-state index contributed by atoms with van der Waals surface area (Å²) in [4.78, 5) is 10.6. The molecule has 0 saturated carbocycles. The van der Waals surface area contributed by atoms with Gasteiger partial charge in [-0.25, -0.2) is 0 Å². The molecule has 2 heteroatoms. The van der Waals surface area contributed by atoms with Crippen LogP contribution in [0.15, 0.2) is 0 Å². The second kappa shape index (κ2) is 6.01. The number of carboxylic acid groups (broad SMARTS) is 1. The molecule has 0 fully saturated rings. The molecule has 1 N–H and O–H groups in total. The molecule has 0 spiro atoms. The highest BCUT2D eigenvalue weighted by Gasteiger charge is 2.16. The normalized spacial score (nSPS) is 17.8. The fourth-order valence-corrected chi connectivity index (χ4v) is 1.65. The first-order valence-corrected chi connectivity index (χ1v) is 5.20. The maximum atomic E-state index is 10.6. The lowest BCUT2D eigenvalue weighted by atomic mass is 9.89. The summed E-state index contributed by atoms with van der Waals surface area (Å²) in [6.45, 7) is 8.33. The lowest BCUT2D eigenvalue weighted by Gasteiger charge is -2.17. The summed E-state index contributed by atoms with van der Waals surface area (Å²) < 4.78 is 0. The van der Waals surface area contributed by atoms with E-state index in [9.17, 15) is 4.79 Å². The molecule has 0 aliphatic rings. The molecule has 0 aromatic rings. The third-order valence-electron chi connectivity index (χ3n) is 2.68. The minimum Gasteiger partial charge on any atom is -0.481 e. The van der Waals surface area contributed by atoms with Gasteiger partial charge in [-0.05, 0) is 24.7 Å². The van der Waals surface area contributed by atoms with Crippen LogP contribution in [0.5, 0.6) is 0 Å². The van der Waals surface area contributed by atoms with Crippen LogP contribution >= 0.6 is 0 Å². The number of carbonyl (C=O) groups is 1. The second-order valence-electron chi connectivity index (χ2n) is 4.33. The van der Waals surface area contributed by atoms with Gasteiger partial charge in [0.15, 0.2) is 0 Å². The molecule has 0 aliphatic carbocycles. The molecule has 0 bridgehead atoms. The van der Waals surface area contributed by atoms with Crippen molar-refractivity contribution in [3.05, 3.63) is 0 Å². The number of carboxylic acids is 1. The maximum absolute atomic E-state index is 10.6. The van der Waals surface area contributed by atoms with Crippen LogP contribution < -0.4 is 0 Å². The Balaban J connectivity index is 3.73. The summed E-state index contributed by atoms with van der Waals surface area (Å²) in [5.41, 5.74) is 0. The third kappa shape index (κ3) is 5.67. The summed E-state index contributed by atoms with van der Waals surface area (Å²) in [7, 11) is 0. The number of hydrogen-bond donors (Lipinski definition) is 1. The van der Waals surface area contributed by atoms with Crippen molar-refractivity contribution in [2.45, 2.75) is 47.0 Å². The van der Waals surface area contributed by atoms with Crippen LogP contribution in [-0.2, 0) is 4.79 Å². The van der Waals surface area contributed by atoms with E-state index < -0.39 is 5.97 Å². The molecule has 78 valence electrons. The van der Waals surface area contributed by atoms with Gasteiger partial charge in [-0.2, -0.15) is 0 Å². The van der Waals surface area contributed by atoms with Gasteiger partial charge >= 0.3 is 5.97 Å². The van der Waals surface area contributed by atoms with Gasteiger partial charge in [-0.15, -0.1) is 0 Å². The molecule has 0 radical (unpaired) electrons. The molecule has 2 nitrogen and oxygen atoms in total. The van der Waals surface area contributed by atoms with E-state index in [1.807, 2.05) is 0 Å². The highest BCUT2D eigenvalue weighted by Crippen LogP contribution is 2.21. The zero-order valence-corrected chi connectivity index (χ0v) is 9.21. The monoisotopic (exact) mass is 186 g/mol. The van der Waals surface area contributed by atoms with E-state index in [1.54, 1.807) is 6.92 Å². The van der Waals surface area contributed by atoms with Crippen molar-refractivity contribution in [1.29, 1.82) is 0 Å². The second-order valence-corrected chi connectivity index (χ2v) is 4.33.